The highest BCUT2D eigenvalue weighted by molar-refractivity contribution is 5.64. The topological polar surface area (TPSA) is 0 Å². The van der Waals surface area contributed by atoms with E-state index in [1.54, 1.807) is 0 Å². The first-order valence-corrected chi connectivity index (χ1v) is 5.91. The lowest BCUT2D eigenvalue weighted by molar-refractivity contribution is 0.421. The van der Waals surface area contributed by atoms with Crippen molar-refractivity contribution < 1.29 is 0 Å². The van der Waals surface area contributed by atoms with Crippen LogP contribution in [0.4, 0.5) is 0 Å². The Labute approximate surface area is 99.7 Å². The van der Waals surface area contributed by atoms with Crippen LogP contribution < -0.4 is 0 Å². The van der Waals surface area contributed by atoms with E-state index in [2.05, 4.69) is 76.3 Å². The summed E-state index contributed by atoms with van der Waals surface area (Å²) in [6, 6.07) is 8.48. The molecule has 0 bridgehead atoms. The SMILES string of the molecule is C/C=C\c1ccccc1/C=C/CC(C)(C)C. The van der Waals surface area contributed by atoms with E-state index in [0.717, 1.165) is 6.42 Å². The summed E-state index contributed by atoms with van der Waals surface area (Å²) in [6.07, 6.45) is 9.83. The first-order chi connectivity index (χ1) is 7.53. The van der Waals surface area contributed by atoms with Crippen LogP contribution in [0.25, 0.3) is 12.2 Å². The normalized spacial score (nSPS) is 12.8. The first-order valence-electron chi connectivity index (χ1n) is 5.91. The van der Waals surface area contributed by atoms with E-state index in [4.69, 9.17) is 0 Å². The summed E-state index contributed by atoms with van der Waals surface area (Å²) >= 11 is 0. The third-order valence-corrected chi connectivity index (χ3v) is 2.37. The van der Waals surface area contributed by atoms with Gasteiger partial charge in [-0.1, -0.05) is 69.3 Å². The Kier molecular flexibility index (Phi) is 4.54. The van der Waals surface area contributed by atoms with Crippen molar-refractivity contribution in [1.29, 1.82) is 0 Å². The maximum Gasteiger partial charge on any atom is -0.0187 e. The van der Waals surface area contributed by atoms with Gasteiger partial charge in [-0.2, -0.15) is 0 Å². The third kappa shape index (κ3) is 4.48. The smallest absolute Gasteiger partial charge is 0.0187 e. The van der Waals surface area contributed by atoms with Gasteiger partial charge in [-0.15, -0.1) is 0 Å². The van der Waals surface area contributed by atoms with Gasteiger partial charge < -0.3 is 0 Å². The number of benzene rings is 1. The lowest BCUT2D eigenvalue weighted by Gasteiger charge is -2.14. The van der Waals surface area contributed by atoms with E-state index < -0.39 is 0 Å². The lowest BCUT2D eigenvalue weighted by atomic mass is 9.91. The second kappa shape index (κ2) is 5.69. The van der Waals surface area contributed by atoms with E-state index in [1.807, 2.05) is 0 Å². The van der Waals surface area contributed by atoms with E-state index in [9.17, 15) is 0 Å². The quantitative estimate of drug-likeness (QED) is 0.651. The van der Waals surface area contributed by atoms with Crippen molar-refractivity contribution in [3.05, 3.63) is 47.5 Å². The van der Waals surface area contributed by atoms with E-state index in [1.165, 1.54) is 11.1 Å². The van der Waals surface area contributed by atoms with Gasteiger partial charge in [-0.3, -0.25) is 0 Å². The van der Waals surface area contributed by atoms with Gasteiger partial charge in [0.15, 0.2) is 0 Å². The summed E-state index contributed by atoms with van der Waals surface area (Å²) in [4.78, 5) is 0. The molecule has 1 aromatic carbocycles. The summed E-state index contributed by atoms with van der Waals surface area (Å²) in [5.41, 5.74) is 2.95. The molecule has 16 heavy (non-hydrogen) atoms. The fourth-order valence-electron chi connectivity index (χ4n) is 1.53. The summed E-state index contributed by atoms with van der Waals surface area (Å²) in [6.45, 7) is 8.83. The lowest BCUT2D eigenvalue weighted by Crippen LogP contribution is -2.01. The molecule has 0 fully saturated rings. The number of hydrogen-bond donors (Lipinski definition) is 0. The Balaban J connectivity index is 2.80. The van der Waals surface area contributed by atoms with Crippen LogP contribution in [0.15, 0.2) is 36.4 Å². The summed E-state index contributed by atoms with van der Waals surface area (Å²) in [5, 5.41) is 0. The van der Waals surface area contributed by atoms with Gasteiger partial charge in [0.05, 0.1) is 0 Å². The van der Waals surface area contributed by atoms with Gasteiger partial charge in [0.2, 0.25) is 0 Å². The van der Waals surface area contributed by atoms with Crippen molar-refractivity contribution in [2.24, 2.45) is 5.41 Å². The summed E-state index contributed by atoms with van der Waals surface area (Å²) in [5.74, 6) is 0. The van der Waals surface area contributed by atoms with Crippen LogP contribution in [0, 0.1) is 5.41 Å². The van der Waals surface area contributed by atoms with Crippen molar-refractivity contribution in [2.45, 2.75) is 34.1 Å². The summed E-state index contributed by atoms with van der Waals surface area (Å²) in [7, 11) is 0. The second-order valence-corrected chi connectivity index (χ2v) is 5.30. The van der Waals surface area contributed by atoms with Crippen LogP contribution in [0.3, 0.4) is 0 Å². The molecule has 0 unspecified atom stereocenters. The highest BCUT2D eigenvalue weighted by Crippen LogP contribution is 2.20. The molecule has 1 aromatic rings. The molecular weight excluding hydrogens is 192 g/mol. The average Bonchev–Trinajstić information content (AvgIpc) is 2.19. The molecule has 0 spiro atoms. The van der Waals surface area contributed by atoms with Crippen LogP contribution >= 0.6 is 0 Å². The van der Waals surface area contributed by atoms with Gasteiger partial charge >= 0.3 is 0 Å². The molecule has 0 amide bonds. The van der Waals surface area contributed by atoms with Crippen LogP contribution in [0.2, 0.25) is 0 Å². The summed E-state index contributed by atoms with van der Waals surface area (Å²) < 4.78 is 0. The van der Waals surface area contributed by atoms with Crippen molar-refractivity contribution in [3.8, 4) is 0 Å². The van der Waals surface area contributed by atoms with Gasteiger partial charge in [-0.25, -0.2) is 0 Å². The highest BCUT2D eigenvalue weighted by Gasteiger charge is 2.06. The molecule has 0 saturated heterocycles. The van der Waals surface area contributed by atoms with Crippen LogP contribution in [-0.2, 0) is 0 Å². The highest BCUT2D eigenvalue weighted by atomic mass is 14.1. The molecule has 1 rings (SSSR count). The van der Waals surface area contributed by atoms with Crippen molar-refractivity contribution in [2.75, 3.05) is 0 Å². The maximum absolute atomic E-state index is 2.27. The Hall–Kier alpha value is -1.30. The minimum Gasteiger partial charge on any atom is -0.0870 e. The van der Waals surface area contributed by atoms with Gasteiger partial charge in [0, 0.05) is 0 Å². The minimum absolute atomic E-state index is 0.367. The van der Waals surface area contributed by atoms with Crippen LogP contribution in [0.5, 0.6) is 0 Å². The predicted octanol–water partition coefficient (Wildman–Crippen LogP) is 5.17. The Morgan fingerprint density at radius 2 is 1.56 bits per heavy atom. The molecule has 0 radical (unpaired) electrons. The molecule has 0 atom stereocenters. The molecular formula is C16H22. The zero-order valence-electron chi connectivity index (χ0n) is 10.8. The van der Waals surface area contributed by atoms with Gasteiger partial charge in [0.25, 0.3) is 0 Å². The van der Waals surface area contributed by atoms with Crippen molar-refractivity contribution >= 4 is 12.2 Å². The van der Waals surface area contributed by atoms with Crippen LogP contribution in [-0.4, -0.2) is 0 Å². The monoisotopic (exact) mass is 214 g/mol. The standard InChI is InChI=1S/C16H22/c1-5-9-14-10-6-7-11-15(14)12-8-13-16(2,3)4/h5-12H,13H2,1-4H3/b9-5-,12-8+. The zero-order chi connectivity index (χ0) is 12.0. The molecule has 0 saturated carbocycles. The fraction of sp³-hybridized carbons (Fsp3) is 0.375. The second-order valence-electron chi connectivity index (χ2n) is 5.30. The molecule has 0 nitrogen and oxygen atoms in total. The molecule has 0 aliphatic heterocycles. The molecule has 0 heteroatoms. The van der Waals surface area contributed by atoms with Crippen molar-refractivity contribution in [3.63, 3.8) is 0 Å². The number of allylic oxidation sites excluding steroid dienone is 2. The van der Waals surface area contributed by atoms with Gasteiger partial charge in [-0.05, 0) is 29.9 Å². The number of rotatable bonds is 3. The van der Waals surface area contributed by atoms with Crippen LogP contribution in [0.1, 0.15) is 45.2 Å². The largest absolute Gasteiger partial charge is 0.0870 e. The molecule has 86 valence electrons. The first kappa shape index (κ1) is 12.8. The molecule has 0 N–H and O–H groups in total. The van der Waals surface area contributed by atoms with Crippen molar-refractivity contribution in [1.82, 2.24) is 0 Å². The predicted molar refractivity (Wildman–Crippen MR) is 74.3 cm³/mol. The zero-order valence-corrected chi connectivity index (χ0v) is 10.8. The fourth-order valence-corrected chi connectivity index (χ4v) is 1.53. The Bertz CT molecular complexity index is 375. The molecule has 0 aliphatic rings. The molecule has 0 aromatic heterocycles. The van der Waals surface area contributed by atoms with E-state index in [0.29, 0.717) is 5.41 Å². The molecule has 0 heterocycles. The average molecular weight is 214 g/mol. The maximum atomic E-state index is 2.27. The third-order valence-electron chi connectivity index (χ3n) is 2.37. The Morgan fingerprint density at radius 1 is 1.00 bits per heavy atom. The van der Waals surface area contributed by atoms with Gasteiger partial charge in [0.1, 0.15) is 0 Å². The Morgan fingerprint density at radius 3 is 2.06 bits per heavy atom. The minimum atomic E-state index is 0.367. The molecule has 0 aliphatic carbocycles. The van der Waals surface area contributed by atoms with E-state index in [-0.39, 0.29) is 0 Å². The number of hydrogen-bond acceptors (Lipinski definition) is 0. The van der Waals surface area contributed by atoms with E-state index >= 15 is 0 Å².